The first-order valence-electron chi connectivity index (χ1n) is 26.2. The third-order valence-corrected chi connectivity index (χ3v) is 19.0. The highest BCUT2D eigenvalue weighted by atomic mass is 32.2. The largest absolute Gasteiger partial charge is 0.493 e. The molecule has 390 valence electrons. The third kappa shape index (κ3) is 12.1. The van der Waals surface area contributed by atoms with E-state index in [-0.39, 0.29) is 81.0 Å². The summed E-state index contributed by atoms with van der Waals surface area (Å²) in [5.74, 6) is 0.272. The smallest absolute Gasteiger partial charge is 0.264 e. The van der Waals surface area contributed by atoms with Crippen molar-refractivity contribution in [3.8, 4) is 11.8 Å². The summed E-state index contributed by atoms with van der Waals surface area (Å²) in [5, 5.41) is 20.1. The molecule has 4 amide bonds. The number of ether oxygens (including phenoxy) is 1. The molecule has 0 radical (unpaired) electrons. The van der Waals surface area contributed by atoms with Crippen LogP contribution in [-0.4, -0.2) is 122 Å². The number of amides is 4. The maximum atomic E-state index is 13.8. The number of anilines is 2. The van der Waals surface area contributed by atoms with E-state index in [0.717, 1.165) is 93.7 Å². The number of sulfonamides is 1. The Balaban J connectivity index is 0.658. The lowest BCUT2D eigenvalue weighted by Gasteiger charge is -2.46. The number of nitrogens with zero attached hydrogens (tertiary/aromatic N) is 6. The summed E-state index contributed by atoms with van der Waals surface area (Å²) in [6, 6.07) is 16.3. The Morgan fingerprint density at radius 2 is 1.68 bits per heavy atom. The van der Waals surface area contributed by atoms with Gasteiger partial charge >= 0.3 is 0 Å². The molecule has 73 heavy (non-hydrogen) atoms. The zero-order valence-corrected chi connectivity index (χ0v) is 43.9. The van der Waals surface area contributed by atoms with Crippen LogP contribution in [0, 0.1) is 34.5 Å². The van der Waals surface area contributed by atoms with E-state index in [2.05, 4.69) is 55.7 Å². The SMILES string of the molecule is CN(C)[C@@H]1CCCC[C@H]1Nc1ccc(S(=O)(=O)Nc2nc3ccc(OCCCNC(=O)C4CCC(NC(=O)C5CCC6(CC5)CCN(C(=O)[C@H]5CC(=O)N(C)[C@@H]5c5cccnc5)CC6)CC4)cc3s2)c(C#N)c1. The number of hydrogen-bond acceptors (Lipinski definition) is 13. The van der Waals surface area contributed by atoms with Gasteiger partial charge in [-0.25, -0.2) is 13.4 Å². The van der Waals surface area contributed by atoms with Gasteiger partial charge in [0.2, 0.25) is 23.6 Å². The van der Waals surface area contributed by atoms with E-state index in [9.17, 15) is 32.9 Å². The van der Waals surface area contributed by atoms with Crippen molar-refractivity contribution >= 4 is 66.0 Å². The Labute approximate surface area is 433 Å². The van der Waals surface area contributed by atoms with Gasteiger partial charge in [-0.2, -0.15) is 5.26 Å². The fourth-order valence-electron chi connectivity index (χ4n) is 12.2. The molecule has 2 aromatic heterocycles. The molecule has 2 saturated heterocycles. The summed E-state index contributed by atoms with van der Waals surface area (Å²) in [5.41, 5.74) is 2.41. The first-order valence-corrected chi connectivity index (χ1v) is 28.5. The van der Waals surface area contributed by atoms with Crippen LogP contribution < -0.4 is 25.4 Å². The molecule has 3 aliphatic carbocycles. The van der Waals surface area contributed by atoms with Crippen LogP contribution in [0.1, 0.15) is 120 Å². The highest BCUT2D eigenvalue weighted by Crippen LogP contribution is 2.48. The number of hydrogen-bond donors (Lipinski definition) is 4. The van der Waals surface area contributed by atoms with Crippen molar-refractivity contribution in [1.82, 2.24) is 35.3 Å². The fourth-order valence-corrected chi connectivity index (χ4v) is 14.5. The fraction of sp³-hybridized carbons (Fsp3) is 0.574. The number of carbonyl (C=O) groups excluding carboxylic acids is 4. The molecular formula is C54H70N10O7S2. The minimum Gasteiger partial charge on any atom is -0.493 e. The number of likely N-dealkylation sites (tertiary alicyclic amines) is 2. The molecule has 4 N–H and O–H groups in total. The minimum atomic E-state index is -4.11. The Kier molecular flexibility index (Phi) is 16.2. The van der Waals surface area contributed by atoms with Crippen molar-refractivity contribution in [2.75, 3.05) is 57.4 Å². The summed E-state index contributed by atoms with van der Waals surface area (Å²) in [4.78, 5) is 67.6. The van der Waals surface area contributed by atoms with Crippen LogP contribution in [0.25, 0.3) is 10.2 Å². The van der Waals surface area contributed by atoms with E-state index in [0.29, 0.717) is 55.7 Å². The van der Waals surface area contributed by atoms with Crippen LogP contribution >= 0.6 is 11.3 Å². The van der Waals surface area contributed by atoms with Crippen LogP contribution in [-0.2, 0) is 29.2 Å². The Bertz CT molecular complexity index is 2780. The van der Waals surface area contributed by atoms with Gasteiger partial charge in [0, 0.05) is 81.1 Å². The van der Waals surface area contributed by atoms with Crippen LogP contribution in [0.4, 0.5) is 10.8 Å². The predicted octanol–water partition coefficient (Wildman–Crippen LogP) is 7.23. The van der Waals surface area contributed by atoms with Gasteiger partial charge in [0.1, 0.15) is 16.7 Å². The van der Waals surface area contributed by atoms with Gasteiger partial charge in [0.05, 0.1) is 34.3 Å². The van der Waals surface area contributed by atoms with Gasteiger partial charge in [-0.1, -0.05) is 30.2 Å². The van der Waals surface area contributed by atoms with Crippen molar-refractivity contribution in [3.63, 3.8) is 0 Å². The van der Waals surface area contributed by atoms with Crippen molar-refractivity contribution in [1.29, 1.82) is 5.26 Å². The second kappa shape index (κ2) is 22.7. The molecule has 3 saturated carbocycles. The number of aromatic nitrogens is 2. The first-order chi connectivity index (χ1) is 35.2. The normalized spacial score (nSPS) is 24.6. The number of carbonyl (C=O) groups is 4. The van der Waals surface area contributed by atoms with E-state index >= 15 is 0 Å². The molecule has 17 nitrogen and oxygen atoms in total. The van der Waals surface area contributed by atoms with Gasteiger partial charge in [-0.3, -0.25) is 28.9 Å². The molecule has 4 aromatic rings. The molecule has 0 unspecified atom stereocenters. The van der Waals surface area contributed by atoms with E-state index in [1.165, 1.54) is 23.8 Å². The number of nitrogens with one attached hydrogen (secondary N) is 4. The molecule has 19 heteroatoms. The Morgan fingerprint density at radius 3 is 2.41 bits per heavy atom. The molecule has 2 aromatic carbocycles. The molecule has 2 aliphatic heterocycles. The lowest BCUT2D eigenvalue weighted by Crippen LogP contribution is -2.48. The van der Waals surface area contributed by atoms with E-state index in [4.69, 9.17) is 4.74 Å². The van der Waals surface area contributed by atoms with E-state index < -0.39 is 15.9 Å². The van der Waals surface area contributed by atoms with Crippen molar-refractivity contribution in [2.24, 2.45) is 23.2 Å². The summed E-state index contributed by atoms with van der Waals surface area (Å²) < 4.78 is 36.4. The second-order valence-electron chi connectivity index (χ2n) is 21.3. The van der Waals surface area contributed by atoms with Crippen LogP contribution in [0.5, 0.6) is 5.75 Å². The number of nitriles is 1. The predicted molar refractivity (Wildman–Crippen MR) is 280 cm³/mol. The van der Waals surface area contributed by atoms with Gasteiger partial charge in [0.25, 0.3) is 10.0 Å². The molecule has 5 fully saturated rings. The number of pyridine rings is 1. The van der Waals surface area contributed by atoms with Crippen LogP contribution in [0.15, 0.2) is 65.8 Å². The second-order valence-corrected chi connectivity index (χ2v) is 24.0. The highest BCUT2D eigenvalue weighted by molar-refractivity contribution is 7.93. The lowest BCUT2D eigenvalue weighted by atomic mass is 9.65. The minimum absolute atomic E-state index is 0.0158. The molecule has 4 atom stereocenters. The maximum Gasteiger partial charge on any atom is 0.264 e. The van der Waals surface area contributed by atoms with Gasteiger partial charge in [-0.15, -0.1) is 0 Å². The zero-order valence-electron chi connectivity index (χ0n) is 42.3. The van der Waals surface area contributed by atoms with E-state index in [1.54, 1.807) is 48.6 Å². The van der Waals surface area contributed by atoms with Crippen LogP contribution in [0.2, 0.25) is 0 Å². The molecule has 4 heterocycles. The summed E-state index contributed by atoms with van der Waals surface area (Å²) in [7, 11) is 1.80. The number of benzene rings is 2. The van der Waals surface area contributed by atoms with Crippen LogP contribution in [0.3, 0.4) is 0 Å². The average Bonchev–Trinajstić information content (AvgIpc) is 3.94. The maximum absolute atomic E-state index is 13.8. The Morgan fingerprint density at radius 1 is 0.932 bits per heavy atom. The van der Waals surface area contributed by atoms with E-state index in [1.807, 2.05) is 23.1 Å². The highest BCUT2D eigenvalue weighted by Gasteiger charge is 2.47. The van der Waals surface area contributed by atoms with Gasteiger partial charge in [0.15, 0.2) is 5.13 Å². The number of thiazole rings is 1. The number of fused-ring (bicyclic) bond motifs is 1. The van der Waals surface area contributed by atoms with Crippen molar-refractivity contribution in [2.45, 2.75) is 132 Å². The van der Waals surface area contributed by atoms with Crippen molar-refractivity contribution in [3.05, 3.63) is 72.1 Å². The topological polar surface area (TPSA) is 219 Å². The standard InChI is InChI=1S/C54H70N10O7S2/c1-62(2)45-10-5-4-9-43(45)58-40-15-18-47(38(30-40)33-55)73(69,70)61-53-60-44-17-16-41(31-46(44)72-53)71-29-7-26-57-50(66)35-11-13-39(14-12-35)59-51(67)36-19-21-54(22-20-36)23-27-64(28-24-54)52(68)42-32-48(65)63(3)49(42)37-8-6-25-56-34-37/h6,8,15-18,25,30-31,34-36,39,42-43,45,49,58H,4-5,7,9-14,19-24,26-29,32H2,1-3H3,(H,57,66)(H,59,67)(H,60,61)/t35?,39?,42-,43+,45+,49+/m0/s1. The summed E-state index contributed by atoms with van der Waals surface area (Å²) in [6.07, 6.45) is 17.1. The van der Waals surface area contributed by atoms with Gasteiger partial charge in [-0.05, 0) is 151 Å². The summed E-state index contributed by atoms with van der Waals surface area (Å²) in [6.45, 7) is 2.20. The first kappa shape index (κ1) is 52.0. The molecular weight excluding hydrogens is 965 g/mol. The number of rotatable bonds is 16. The summed E-state index contributed by atoms with van der Waals surface area (Å²) >= 11 is 1.18. The number of piperidine rings is 1. The van der Waals surface area contributed by atoms with Crippen molar-refractivity contribution < 1.29 is 32.3 Å². The molecule has 9 rings (SSSR count). The monoisotopic (exact) mass is 1030 g/mol. The molecule has 0 bridgehead atoms. The number of likely N-dealkylation sites (N-methyl/N-ethyl adjacent to an activating group) is 1. The van der Waals surface area contributed by atoms with Gasteiger partial charge < -0.3 is 35.4 Å². The average molecular weight is 1040 g/mol. The molecule has 1 spiro atoms. The lowest BCUT2D eigenvalue weighted by molar-refractivity contribution is -0.139. The Hall–Kier alpha value is -5.84. The zero-order chi connectivity index (χ0) is 51.3. The quantitative estimate of drug-likeness (QED) is 0.0818. The molecule has 5 aliphatic rings. The third-order valence-electron chi connectivity index (χ3n) is 16.5.